The number of amides is 1. The molecule has 23 heavy (non-hydrogen) atoms. The van der Waals surface area contributed by atoms with Crippen molar-refractivity contribution in [3.8, 4) is 10.6 Å². The minimum atomic E-state index is -0.351. The topological polar surface area (TPSA) is 80.9 Å². The van der Waals surface area contributed by atoms with E-state index in [1.165, 1.54) is 16.9 Å². The predicted molar refractivity (Wildman–Crippen MR) is 86.5 cm³/mol. The van der Waals surface area contributed by atoms with Gasteiger partial charge in [-0.05, 0) is 19.8 Å². The first-order chi connectivity index (χ1) is 11.2. The summed E-state index contributed by atoms with van der Waals surface area (Å²) in [5.41, 5.74) is 3.01. The third-order valence-corrected chi connectivity index (χ3v) is 4.58. The number of benzene rings is 1. The van der Waals surface area contributed by atoms with Gasteiger partial charge in [0, 0.05) is 17.5 Å². The molecule has 116 valence electrons. The fourth-order valence-electron chi connectivity index (χ4n) is 2.21. The molecule has 0 saturated heterocycles. The third-order valence-electron chi connectivity index (χ3n) is 3.69. The van der Waals surface area contributed by atoms with Crippen molar-refractivity contribution in [3.05, 3.63) is 47.3 Å². The molecule has 0 atom stereocenters. The number of nitrogens with zero attached hydrogens (tertiary/aromatic N) is 3. The number of anilines is 1. The predicted octanol–water partition coefficient (Wildman–Crippen LogP) is 3.63. The summed E-state index contributed by atoms with van der Waals surface area (Å²) in [6.45, 7) is 2.03. The largest absolute Gasteiger partial charge is 0.351 e. The summed E-state index contributed by atoms with van der Waals surface area (Å²) < 4.78 is 5.10. The molecule has 0 aliphatic heterocycles. The number of aryl methyl sites for hydroxylation is 1. The zero-order valence-electron chi connectivity index (χ0n) is 12.4. The second-order valence-corrected chi connectivity index (χ2v) is 6.60. The number of carbonyl (C=O) groups is 1. The van der Waals surface area contributed by atoms with Crippen molar-refractivity contribution in [3.63, 3.8) is 0 Å². The van der Waals surface area contributed by atoms with Crippen LogP contribution < -0.4 is 5.32 Å². The lowest BCUT2D eigenvalue weighted by molar-refractivity contribution is 0.0987. The SMILES string of the molecule is Cc1ccc(-c2nnc(NC(=O)c3cc(C4CC4)no3)s2)cc1. The minimum absolute atomic E-state index is 0.207. The maximum absolute atomic E-state index is 12.2. The molecule has 1 aliphatic rings. The maximum atomic E-state index is 12.2. The molecular weight excluding hydrogens is 312 g/mol. The van der Waals surface area contributed by atoms with Gasteiger partial charge in [0.25, 0.3) is 5.91 Å². The molecule has 1 amide bonds. The smallest absolute Gasteiger partial charge is 0.296 e. The highest BCUT2D eigenvalue weighted by Gasteiger charge is 2.28. The van der Waals surface area contributed by atoms with Crippen LogP contribution >= 0.6 is 11.3 Å². The van der Waals surface area contributed by atoms with Crippen LogP contribution in [0.3, 0.4) is 0 Å². The van der Waals surface area contributed by atoms with E-state index >= 15 is 0 Å². The summed E-state index contributed by atoms with van der Waals surface area (Å²) in [6.07, 6.45) is 2.23. The van der Waals surface area contributed by atoms with E-state index in [-0.39, 0.29) is 11.7 Å². The maximum Gasteiger partial charge on any atom is 0.296 e. The van der Waals surface area contributed by atoms with Gasteiger partial charge in [-0.2, -0.15) is 0 Å². The van der Waals surface area contributed by atoms with Gasteiger partial charge >= 0.3 is 0 Å². The van der Waals surface area contributed by atoms with E-state index in [2.05, 4.69) is 20.7 Å². The standard InChI is InChI=1S/C16H14N4O2S/c1-9-2-4-11(5-3-9)15-18-19-16(23-15)17-14(21)13-8-12(20-22-13)10-6-7-10/h2-5,8,10H,6-7H2,1H3,(H,17,19,21). The van der Waals surface area contributed by atoms with Crippen LogP contribution in [0.1, 0.15) is 40.6 Å². The van der Waals surface area contributed by atoms with Crippen LogP contribution in [0.4, 0.5) is 5.13 Å². The van der Waals surface area contributed by atoms with Crippen molar-refractivity contribution < 1.29 is 9.32 Å². The molecule has 1 fully saturated rings. The van der Waals surface area contributed by atoms with E-state index < -0.39 is 0 Å². The van der Waals surface area contributed by atoms with Crippen LogP contribution in [0.2, 0.25) is 0 Å². The van der Waals surface area contributed by atoms with Crippen molar-refractivity contribution >= 4 is 22.4 Å². The lowest BCUT2D eigenvalue weighted by atomic mass is 10.2. The normalized spacial score (nSPS) is 14.0. The van der Waals surface area contributed by atoms with E-state index in [0.717, 1.165) is 29.1 Å². The molecule has 0 bridgehead atoms. The van der Waals surface area contributed by atoms with Crippen molar-refractivity contribution in [1.29, 1.82) is 0 Å². The molecular formula is C16H14N4O2S. The second-order valence-electron chi connectivity index (χ2n) is 5.62. The van der Waals surface area contributed by atoms with E-state index in [0.29, 0.717) is 11.0 Å². The molecule has 3 aromatic rings. The van der Waals surface area contributed by atoms with Gasteiger partial charge in [0.05, 0.1) is 5.69 Å². The van der Waals surface area contributed by atoms with Gasteiger partial charge in [-0.1, -0.05) is 46.3 Å². The summed E-state index contributed by atoms with van der Waals surface area (Å²) in [5.74, 6) is 0.310. The summed E-state index contributed by atoms with van der Waals surface area (Å²) in [4.78, 5) is 12.2. The van der Waals surface area contributed by atoms with Crippen molar-refractivity contribution in [2.45, 2.75) is 25.7 Å². The lowest BCUT2D eigenvalue weighted by Crippen LogP contribution is -2.10. The van der Waals surface area contributed by atoms with E-state index in [4.69, 9.17) is 4.52 Å². The van der Waals surface area contributed by atoms with E-state index in [1.54, 1.807) is 6.07 Å². The second kappa shape index (κ2) is 5.58. The minimum Gasteiger partial charge on any atom is -0.351 e. The van der Waals surface area contributed by atoms with Crippen LogP contribution in [0.5, 0.6) is 0 Å². The Labute approximate surface area is 136 Å². The zero-order valence-corrected chi connectivity index (χ0v) is 13.3. The van der Waals surface area contributed by atoms with Gasteiger partial charge in [-0.15, -0.1) is 10.2 Å². The van der Waals surface area contributed by atoms with Gasteiger partial charge in [-0.3, -0.25) is 10.1 Å². The Balaban J connectivity index is 1.48. The first kappa shape index (κ1) is 14.1. The number of carbonyl (C=O) groups excluding carboxylic acids is 1. The molecule has 1 N–H and O–H groups in total. The Morgan fingerprint density at radius 2 is 2.04 bits per heavy atom. The summed E-state index contributed by atoms with van der Waals surface area (Å²) in [6, 6.07) is 9.71. The Kier molecular flexibility index (Phi) is 3.42. The fraction of sp³-hybridized carbons (Fsp3) is 0.250. The molecule has 2 heterocycles. The average Bonchev–Trinajstić information content (AvgIpc) is 3.10. The Hall–Kier alpha value is -2.54. The molecule has 6 nitrogen and oxygen atoms in total. The molecule has 7 heteroatoms. The van der Waals surface area contributed by atoms with Gasteiger partial charge in [-0.25, -0.2) is 0 Å². The van der Waals surface area contributed by atoms with Crippen LogP contribution in [0.25, 0.3) is 10.6 Å². The van der Waals surface area contributed by atoms with E-state index in [9.17, 15) is 4.79 Å². The van der Waals surface area contributed by atoms with Crippen LogP contribution in [-0.2, 0) is 0 Å². The molecule has 0 spiro atoms. The molecule has 4 rings (SSSR count). The summed E-state index contributed by atoms with van der Waals surface area (Å²) >= 11 is 1.32. The lowest BCUT2D eigenvalue weighted by Gasteiger charge is -1.96. The van der Waals surface area contributed by atoms with Crippen LogP contribution in [0.15, 0.2) is 34.9 Å². The molecule has 2 aromatic heterocycles. The molecule has 1 saturated carbocycles. The first-order valence-corrected chi connectivity index (χ1v) is 8.19. The monoisotopic (exact) mass is 326 g/mol. The highest BCUT2D eigenvalue weighted by Crippen LogP contribution is 2.39. The van der Waals surface area contributed by atoms with Crippen molar-refractivity contribution in [1.82, 2.24) is 15.4 Å². The molecule has 1 aromatic carbocycles. The molecule has 0 radical (unpaired) electrons. The summed E-state index contributed by atoms with van der Waals surface area (Å²) in [7, 11) is 0. The Morgan fingerprint density at radius 1 is 1.26 bits per heavy atom. The highest BCUT2D eigenvalue weighted by atomic mass is 32.1. The fourth-order valence-corrected chi connectivity index (χ4v) is 2.96. The Morgan fingerprint density at radius 3 is 2.78 bits per heavy atom. The number of rotatable bonds is 4. The quantitative estimate of drug-likeness (QED) is 0.792. The van der Waals surface area contributed by atoms with Crippen molar-refractivity contribution in [2.75, 3.05) is 5.32 Å². The number of hydrogen-bond donors (Lipinski definition) is 1. The first-order valence-electron chi connectivity index (χ1n) is 7.37. The third kappa shape index (κ3) is 3.00. The van der Waals surface area contributed by atoms with Gasteiger partial charge in [0.1, 0.15) is 5.01 Å². The van der Waals surface area contributed by atoms with E-state index in [1.807, 2.05) is 31.2 Å². The zero-order chi connectivity index (χ0) is 15.8. The van der Waals surface area contributed by atoms with Crippen LogP contribution in [0, 0.1) is 6.92 Å². The van der Waals surface area contributed by atoms with Crippen molar-refractivity contribution in [2.24, 2.45) is 0 Å². The van der Waals surface area contributed by atoms with Crippen LogP contribution in [-0.4, -0.2) is 21.3 Å². The average molecular weight is 326 g/mol. The summed E-state index contributed by atoms with van der Waals surface area (Å²) in [5, 5.41) is 16.0. The molecule has 1 aliphatic carbocycles. The number of nitrogens with one attached hydrogen (secondary N) is 1. The van der Waals surface area contributed by atoms with Gasteiger partial charge < -0.3 is 4.52 Å². The Bertz CT molecular complexity index is 849. The number of hydrogen-bond acceptors (Lipinski definition) is 6. The number of aromatic nitrogens is 3. The highest BCUT2D eigenvalue weighted by molar-refractivity contribution is 7.18. The van der Waals surface area contributed by atoms with Gasteiger partial charge in [0.15, 0.2) is 0 Å². The van der Waals surface area contributed by atoms with Gasteiger partial charge in [0.2, 0.25) is 10.9 Å². The molecule has 0 unspecified atom stereocenters.